The zero-order valence-corrected chi connectivity index (χ0v) is 22.7. The number of carbonyl (C=O) groups is 2. The molecule has 2 saturated heterocycles. The number of ketones is 1. The first-order valence-corrected chi connectivity index (χ1v) is 13.5. The summed E-state index contributed by atoms with van der Waals surface area (Å²) in [6.45, 7) is 3.49. The van der Waals surface area contributed by atoms with E-state index >= 15 is 0 Å². The zero-order valence-electron chi connectivity index (χ0n) is 22.7. The van der Waals surface area contributed by atoms with Crippen molar-refractivity contribution in [3.63, 3.8) is 0 Å². The number of fused-ring (bicyclic) bond motifs is 1. The highest BCUT2D eigenvalue weighted by Crippen LogP contribution is 2.45. The highest BCUT2D eigenvalue weighted by atomic mass is 16.7. The normalized spacial score (nSPS) is 43.4. The van der Waals surface area contributed by atoms with Crippen molar-refractivity contribution in [2.45, 2.75) is 88.6 Å². The molecule has 3 heterocycles. The highest BCUT2D eigenvalue weighted by Gasteiger charge is 2.54. The summed E-state index contributed by atoms with van der Waals surface area (Å²) in [5.74, 6) is -1.51. The van der Waals surface area contributed by atoms with Crippen LogP contribution in [0.4, 0.5) is 0 Å². The number of esters is 1. The van der Waals surface area contributed by atoms with E-state index in [1.54, 1.807) is 6.92 Å². The average molecular weight is 577 g/mol. The third kappa shape index (κ3) is 6.21. The lowest BCUT2D eigenvalue weighted by atomic mass is 9.83. The van der Waals surface area contributed by atoms with E-state index in [1.165, 1.54) is 6.26 Å². The molecule has 0 aromatic heterocycles. The van der Waals surface area contributed by atoms with Crippen LogP contribution in [0.3, 0.4) is 0 Å². The molecule has 0 radical (unpaired) electrons. The van der Waals surface area contributed by atoms with E-state index in [2.05, 4.69) is 0 Å². The van der Waals surface area contributed by atoms with Crippen LogP contribution in [0, 0.1) is 23.7 Å². The molecule has 4 rings (SSSR count). The summed E-state index contributed by atoms with van der Waals surface area (Å²) in [5.41, 5.74) is -1.39. The van der Waals surface area contributed by atoms with Crippen LogP contribution in [0.15, 0.2) is 11.8 Å². The molecule has 3 aliphatic heterocycles. The monoisotopic (exact) mass is 576 g/mol. The standard InChI is InChI=1S/C26H40O14/c1-11(2)4-17(30)39-23-18-12(3)15(29)5-14(18)13(7-35-23)8-36-24-20(32)19(31)21(16(6-27)38-24)40-25-22(33)26(34,9-28)10-37-25/h7,11-12,14,16,18-25,27-28,31-34H,4-6,8-10H2,1-3H3/t12-,14+,16+,18-,19+,20-,21+,22+,23-,24+,25+,26-/m0/s1. The molecule has 0 unspecified atom stereocenters. The number of carbonyl (C=O) groups excluding carboxylic acids is 2. The molecule has 4 aliphatic rings. The van der Waals surface area contributed by atoms with Gasteiger partial charge in [0.1, 0.15) is 41.9 Å². The number of aliphatic hydroxyl groups is 6. The van der Waals surface area contributed by atoms with Crippen LogP contribution in [0.1, 0.15) is 33.6 Å². The third-order valence-electron chi connectivity index (χ3n) is 8.04. The Balaban J connectivity index is 1.39. The van der Waals surface area contributed by atoms with E-state index < -0.39 is 92.6 Å². The number of rotatable bonds is 10. The fourth-order valence-corrected chi connectivity index (χ4v) is 5.60. The van der Waals surface area contributed by atoms with Crippen molar-refractivity contribution >= 4 is 11.8 Å². The Morgan fingerprint density at radius 2 is 1.88 bits per heavy atom. The van der Waals surface area contributed by atoms with Crippen LogP contribution in [0.5, 0.6) is 0 Å². The zero-order chi connectivity index (χ0) is 29.4. The number of hydrogen-bond acceptors (Lipinski definition) is 14. The topological polar surface area (TPSA) is 211 Å². The minimum Gasteiger partial charge on any atom is -0.462 e. The fourth-order valence-electron chi connectivity index (χ4n) is 5.60. The maximum absolute atomic E-state index is 12.6. The molecule has 0 spiro atoms. The first-order chi connectivity index (χ1) is 18.9. The summed E-state index contributed by atoms with van der Waals surface area (Å²) >= 11 is 0. The average Bonchev–Trinajstić information content (AvgIpc) is 3.37. The van der Waals surface area contributed by atoms with E-state index in [9.17, 15) is 40.2 Å². The Kier molecular flexibility index (Phi) is 9.87. The summed E-state index contributed by atoms with van der Waals surface area (Å²) in [4.78, 5) is 24.8. The van der Waals surface area contributed by atoms with Gasteiger partial charge in [0.25, 0.3) is 0 Å². The van der Waals surface area contributed by atoms with E-state index in [0.29, 0.717) is 5.57 Å². The second-order valence-electron chi connectivity index (χ2n) is 11.4. The van der Waals surface area contributed by atoms with Crippen molar-refractivity contribution < 1.29 is 68.6 Å². The molecule has 0 bridgehead atoms. The Morgan fingerprint density at radius 1 is 1.15 bits per heavy atom. The minimum absolute atomic E-state index is 0.00886. The first kappa shape index (κ1) is 31.2. The number of ether oxygens (including phenoxy) is 6. The first-order valence-electron chi connectivity index (χ1n) is 13.5. The molecular formula is C26H40O14. The molecule has 0 aromatic carbocycles. The van der Waals surface area contributed by atoms with Gasteiger partial charge in [-0.25, -0.2) is 0 Å². The molecule has 1 saturated carbocycles. The maximum Gasteiger partial charge on any atom is 0.309 e. The summed E-state index contributed by atoms with van der Waals surface area (Å²) in [6.07, 6.45) is -9.59. The van der Waals surface area contributed by atoms with Crippen molar-refractivity contribution in [1.82, 2.24) is 0 Å². The Hall–Kier alpha value is -1.72. The number of aliphatic hydroxyl groups excluding tert-OH is 5. The van der Waals surface area contributed by atoms with E-state index in [0.717, 1.165) is 0 Å². The lowest BCUT2D eigenvalue weighted by molar-refractivity contribution is -0.327. The second-order valence-corrected chi connectivity index (χ2v) is 11.4. The largest absolute Gasteiger partial charge is 0.462 e. The van der Waals surface area contributed by atoms with Crippen LogP contribution < -0.4 is 0 Å². The van der Waals surface area contributed by atoms with Gasteiger partial charge in [0.05, 0.1) is 32.7 Å². The van der Waals surface area contributed by atoms with Gasteiger partial charge in [0.15, 0.2) is 12.6 Å². The Morgan fingerprint density at radius 3 is 2.50 bits per heavy atom. The van der Waals surface area contributed by atoms with Crippen molar-refractivity contribution in [2.24, 2.45) is 23.7 Å². The molecular weight excluding hydrogens is 536 g/mol. The lowest BCUT2D eigenvalue weighted by Gasteiger charge is -2.43. The van der Waals surface area contributed by atoms with Crippen molar-refractivity contribution in [2.75, 3.05) is 26.4 Å². The second kappa shape index (κ2) is 12.7. The van der Waals surface area contributed by atoms with E-state index in [4.69, 9.17) is 28.4 Å². The van der Waals surface area contributed by atoms with Gasteiger partial charge in [0, 0.05) is 30.6 Å². The van der Waals surface area contributed by atoms with Gasteiger partial charge >= 0.3 is 5.97 Å². The highest BCUT2D eigenvalue weighted by molar-refractivity contribution is 5.84. The molecule has 3 fully saturated rings. The van der Waals surface area contributed by atoms with Gasteiger partial charge in [-0.15, -0.1) is 0 Å². The molecule has 1 aliphatic carbocycles. The van der Waals surface area contributed by atoms with Crippen molar-refractivity contribution in [3.05, 3.63) is 11.8 Å². The predicted octanol–water partition coefficient (Wildman–Crippen LogP) is -2.06. The summed E-state index contributed by atoms with van der Waals surface area (Å²) in [6, 6.07) is 0. The summed E-state index contributed by atoms with van der Waals surface area (Å²) < 4.78 is 33.4. The van der Waals surface area contributed by atoms with E-state index in [-0.39, 0.29) is 37.1 Å². The van der Waals surface area contributed by atoms with Gasteiger partial charge in [-0.1, -0.05) is 20.8 Å². The molecule has 6 N–H and O–H groups in total. The fraction of sp³-hybridized carbons (Fsp3) is 0.846. The molecule has 0 amide bonds. The number of Topliss-reactive ketones (excluding diaryl/α,β-unsaturated/α-hetero) is 1. The smallest absolute Gasteiger partial charge is 0.309 e. The van der Waals surface area contributed by atoms with Crippen LogP contribution in [0.2, 0.25) is 0 Å². The SMILES string of the molecule is CC(C)CC(=O)O[C@@H]1OC=C(CO[C@@H]2O[C@H](CO)[C@@H](O[C@H]3OC[C@@](O)(CO)[C@@H]3O)[C@H](O)[C@@H]2O)[C@H]2CC(=O)[C@H](C)[C@H]12. The van der Waals surface area contributed by atoms with Crippen molar-refractivity contribution in [3.8, 4) is 0 Å². The number of hydrogen-bond donors (Lipinski definition) is 6. The molecule has 40 heavy (non-hydrogen) atoms. The van der Waals surface area contributed by atoms with Crippen LogP contribution >= 0.6 is 0 Å². The Bertz CT molecular complexity index is 938. The quantitative estimate of drug-likeness (QED) is 0.155. The van der Waals surface area contributed by atoms with Crippen LogP contribution in [-0.2, 0) is 38.0 Å². The van der Waals surface area contributed by atoms with Gasteiger partial charge in [-0.05, 0) is 11.5 Å². The Labute approximate surface area is 231 Å². The van der Waals surface area contributed by atoms with Gasteiger partial charge in [-0.3, -0.25) is 9.59 Å². The lowest BCUT2D eigenvalue weighted by Crippen LogP contribution is -2.61. The molecule has 0 aromatic rings. The maximum atomic E-state index is 12.6. The molecule has 14 nitrogen and oxygen atoms in total. The van der Waals surface area contributed by atoms with E-state index in [1.807, 2.05) is 13.8 Å². The summed E-state index contributed by atoms with van der Waals surface area (Å²) in [7, 11) is 0. The molecule has 228 valence electrons. The predicted molar refractivity (Wildman–Crippen MR) is 131 cm³/mol. The van der Waals surface area contributed by atoms with Gasteiger partial charge in [0.2, 0.25) is 6.29 Å². The summed E-state index contributed by atoms with van der Waals surface area (Å²) in [5, 5.41) is 61.0. The van der Waals surface area contributed by atoms with Gasteiger partial charge < -0.3 is 59.1 Å². The van der Waals surface area contributed by atoms with Crippen LogP contribution in [-0.4, -0.2) is 124 Å². The minimum atomic E-state index is -1.97. The van der Waals surface area contributed by atoms with Crippen molar-refractivity contribution in [1.29, 1.82) is 0 Å². The molecule has 14 heteroatoms. The molecule has 12 atom stereocenters. The van der Waals surface area contributed by atoms with Crippen LogP contribution in [0.25, 0.3) is 0 Å². The van der Waals surface area contributed by atoms with Gasteiger partial charge in [-0.2, -0.15) is 0 Å². The third-order valence-corrected chi connectivity index (χ3v) is 8.04.